The van der Waals surface area contributed by atoms with E-state index < -0.39 is 0 Å². The smallest absolute Gasteiger partial charge is 0.191 e. The maximum absolute atomic E-state index is 4.73. The third-order valence-corrected chi connectivity index (χ3v) is 5.50. The van der Waals surface area contributed by atoms with Crippen LogP contribution in [0.5, 0.6) is 0 Å². The average Bonchev–Trinajstić information content (AvgIpc) is 3.01. The standard InChI is InChI=1S/C17H31N5S/c1-5-15-7-8-16(23-15)12-20-17(18-6-2)19-11-14-13-21(3)9-10-22(14)4/h7-8,14H,5-6,9-13H2,1-4H3,(H2,18,19,20). The van der Waals surface area contributed by atoms with E-state index in [9.17, 15) is 0 Å². The van der Waals surface area contributed by atoms with Crippen molar-refractivity contribution in [3.05, 3.63) is 21.9 Å². The number of rotatable bonds is 6. The van der Waals surface area contributed by atoms with Gasteiger partial charge in [0.1, 0.15) is 0 Å². The predicted octanol–water partition coefficient (Wildman–Crippen LogP) is 1.61. The lowest BCUT2D eigenvalue weighted by molar-refractivity contribution is 0.116. The quantitative estimate of drug-likeness (QED) is 0.611. The Morgan fingerprint density at radius 3 is 2.70 bits per heavy atom. The molecule has 1 fully saturated rings. The van der Waals surface area contributed by atoms with Gasteiger partial charge in [0.25, 0.3) is 0 Å². The molecule has 5 nitrogen and oxygen atoms in total. The first-order valence-electron chi connectivity index (χ1n) is 8.60. The number of nitrogens with zero attached hydrogens (tertiary/aromatic N) is 3. The number of aryl methyl sites for hydroxylation is 1. The topological polar surface area (TPSA) is 42.9 Å². The summed E-state index contributed by atoms with van der Waals surface area (Å²) in [6, 6.07) is 4.94. The molecular weight excluding hydrogens is 306 g/mol. The summed E-state index contributed by atoms with van der Waals surface area (Å²) in [5.41, 5.74) is 0. The van der Waals surface area contributed by atoms with Crippen molar-refractivity contribution in [2.45, 2.75) is 32.9 Å². The molecule has 2 heterocycles. The molecule has 2 rings (SSSR count). The minimum atomic E-state index is 0.533. The van der Waals surface area contributed by atoms with Crippen LogP contribution >= 0.6 is 11.3 Å². The van der Waals surface area contributed by atoms with Crippen LogP contribution in [0.15, 0.2) is 17.1 Å². The van der Waals surface area contributed by atoms with E-state index in [0.717, 1.165) is 51.6 Å². The van der Waals surface area contributed by atoms with Gasteiger partial charge in [0, 0.05) is 48.5 Å². The first-order valence-corrected chi connectivity index (χ1v) is 9.42. The van der Waals surface area contributed by atoms with Gasteiger partial charge in [0.05, 0.1) is 6.54 Å². The number of thiophene rings is 1. The molecule has 1 aliphatic heterocycles. The predicted molar refractivity (Wildman–Crippen MR) is 100 cm³/mol. The number of likely N-dealkylation sites (N-methyl/N-ethyl adjacent to an activating group) is 2. The van der Waals surface area contributed by atoms with Crippen molar-refractivity contribution in [2.24, 2.45) is 4.99 Å². The van der Waals surface area contributed by atoms with Crippen LogP contribution in [0.1, 0.15) is 23.6 Å². The molecule has 1 saturated heterocycles. The summed E-state index contributed by atoms with van der Waals surface area (Å²) in [5.74, 6) is 0.917. The summed E-state index contributed by atoms with van der Waals surface area (Å²) in [4.78, 5) is 12.3. The molecular formula is C17H31N5S. The number of nitrogens with one attached hydrogen (secondary N) is 2. The van der Waals surface area contributed by atoms with E-state index >= 15 is 0 Å². The molecule has 6 heteroatoms. The van der Waals surface area contributed by atoms with Gasteiger partial charge in [-0.25, -0.2) is 4.99 Å². The molecule has 0 aliphatic carbocycles. The van der Waals surface area contributed by atoms with Gasteiger partial charge in [-0.05, 0) is 39.6 Å². The van der Waals surface area contributed by atoms with E-state index in [-0.39, 0.29) is 0 Å². The number of hydrogen-bond acceptors (Lipinski definition) is 4. The molecule has 1 aromatic heterocycles. The zero-order valence-electron chi connectivity index (χ0n) is 14.9. The highest BCUT2D eigenvalue weighted by atomic mass is 32.1. The zero-order valence-corrected chi connectivity index (χ0v) is 15.7. The van der Waals surface area contributed by atoms with E-state index in [4.69, 9.17) is 4.99 Å². The third-order valence-electron chi connectivity index (χ3n) is 4.29. The van der Waals surface area contributed by atoms with Gasteiger partial charge in [-0.15, -0.1) is 11.3 Å². The largest absolute Gasteiger partial charge is 0.357 e. The lowest BCUT2D eigenvalue weighted by atomic mass is 10.2. The summed E-state index contributed by atoms with van der Waals surface area (Å²) in [5, 5.41) is 6.86. The lowest BCUT2D eigenvalue weighted by Crippen LogP contribution is -2.55. The van der Waals surface area contributed by atoms with Gasteiger partial charge in [0.15, 0.2) is 5.96 Å². The third kappa shape index (κ3) is 5.79. The van der Waals surface area contributed by atoms with Crippen molar-refractivity contribution >= 4 is 17.3 Å². The van der Waals surface area contributed by atoms with Crippen LogP contribution in [0.2, 0.25) is 0 Å². The molecule has 1 aromatic rings. The molecule has 0 bridgehead atoms. The van der Waals surface area contributed by atoms with Crippen LogP contribution in [0.25, 0.3) is 0 Å². The van der Waals surface area contributed by atoms with E-state index in [2.05, 4.69) is 60.5 Å². The van der Waals surface area contributed by atoms with E-state index in [1.165, 1.54) is 9.75 Å². The van der Waals surface area contributed by atoms with Crippen molar-refractivity contribution in [3.63, 3.8) is 0 Å². The second-order valence-electron chi connectivity index (χ2n) is 6.19. The maximum Gasteiger partial charge on any atom is 0.191 e. The average molecular weight is 338 g/mol. The Kier molecular flexibility index (Phi) is 7.33. The molecule has 0 radical (unpaired) electrons. The number of hydrogen-bond donors (Lipinski definition) is 2. The van der Waals surface area contributed by atoms with Gasteiger partial charge in [-0.2, -0.15) is 0 Å². The Hall–Kier alpha value is -1.11. The highest BCUT2D eigenvalue weighted by Gasteiger charge is 2.21. The van der Waals surface area contributed by atoms with Crippen LogP contribution in [-0.4, -0.2) is 68.6 Å². The SMILES string of the molecule is CCNC(=NCc1ccc(CC)s1)NCC1CN(C)CCN1C. The number of piperazine rings is 1. The Morgan fingerprint density at radius 2 is 2.00 bits per heavy atom. The van der Waals surface area contributed by atoms with Crippen LogP contribution in [-0.2, 0) is 13.0 Å². The van der Waals surface area contributed by atoms with Gasteiger partial charge < -0.3 is 15.5 Å². The van der Waals surface area contributed by atoms with Crippen molar-refractivity contribution in [1.82, 2.24) is 20.4 Å². The molecule has 0 spiro atoms. The van der Waals surface area contributed by atoms with Crippen molar-refractivity contribution in [1.29, 1.82) is 0 Å². The molecule has 1 atom stereocenters. The van der Waals surface area contributed by atoms with Crippen LogP contribution in [0.3, 0.4) is 0 Å². The van der Waals surface area contributed by atoms with Crippen LogP contribution < -0.4 is 10.6 Å². The van der Waals surface area contributed by atoms with Crippen LogP contribution in [0, 0.1) is 0 Å². The Morgan fingerprint density at radius 1 is 1.22 bits per heavy atom. The molecule has 0 saturated carbocycles. The van der Waals surface area contributed by atoms with Gasteiger partial charge in [0.2, 0.25) is 0 Å². The second kappa shape index (κ2) is 9.25. The van der Waals surface area contributed by atoms with E-state index in [1.54, 1.807) is 0 Å². The van der Waals surface area contributed by atoms with Crippen molar-refractivity contribution in [2.75, 3.05) is 46.8 Å². The van der Waals surface area contributed by atoms with Crippen molar-refractivity contribution < 1.29 is 0 Å². The number of aliphatic imine (C=N–C) groups is 1. The van der Waals surface area contributed by atoms with Gasteiger partial charge >= 0.3 is 0 Å². The second-order valence-corrected chi connectivity index (χ2v) is 7.45. The van der Waals surface area contributed by atoms with E-state index in [1.807, 2.05) is 11.3 Å². The van der Waals surface area contributed by atoms with Crippen LogP contribution in [0.4, 0.5) is 0 Å². The lowest BCUT2D eigenvalue weighted by Gasteiger charge is -2.37. The van der Waals surface area contributed by atoms with Crippen molar-refractivity contribution in [3.8, 4) is 0 Å². The summed E-state index contributed by atoms with van der Waals surface area (Å²) in [6.45, 7) is 10.3. The fourth-order valence-corrected chi connectivity index (χ4v) is 3.61. The first-order chi connectivity index (χ1) is 11.1. The summed E-state index contributed by atoms with van der Waals surface area (Å²) in [6.07, 6.45) is 1.11. The Balaban J connectivity index is 1.88. The highest BCUT2D eigenvalue weighted by Crippen LogP contribution is 2.17. The fraction of sp³-hybridized carbons (Fsp3) is 0.706. The van der Waals surface area contributed by atoms with E-state index in [0.29, 0.717) is 6.04 Å². The summed E-state index contributed by atoms with van der Waals surface area (Å²) < 4.78 is 0. The molecule has 23 heavy (non-hydrogen) atoms. The van der Waals surface area contributed by atoms with Gasteiger partial charge in [-0.3, -0.25) is 4.90 Å². The molecule has 0 aromatic carbocycles. The molecule has 130 valence electrons. The highest BCUT2D eigenvalue weighted by molar-refractivity contribution is 7.11. The number of guanidine groups is 1. The fourth-order valence-electron chi connectivity index (χ4n) is 2.73. The molecule has 1 unspecified atom stereocenters. The Bertz CT molecular complexity index is 499. The zero-order chi connectivity index (χ0) is 16.7. The summed E-state index contributed by atoms with van der Waals surface area (Å²) in [7, 11) is 4.41. The Labute approximate surface area is 144 Å². The normalized spacial score (nSPS) is 20.7. The maximum atomic E-state index is 4.73. The molecule has 1 aliphatic rings. The monoisotopic (exact) mass is 337 g/mol. The first kappa shape index (κ1) is 18.2. The molecule has 2 N–H and O–H groups in total. The summed E-state index contributed by atoms with van der Waals surface area (Å²) >= 11 is 1.86. The minimum Gasteiger partial charge on any atom is -0.357 e. The molecule has 0 amide bonds. The van der Waals surface area contributed by atoms with Gasteiger partial charge in [-0.1, -0.05) is 6.92 Å². The minimum absolute atomic E-state index is 0.533.